The smallest absolute Gasteiger partial charge is 0.209 e. The summed E-state index contributed by atoms with van der Waals surface area (Å²) in [5.41, 5.74) is 0. The molecule has 1 rings (SSSR count). The van der Waals surface area contributed by atoms with Crippen molar-refractivity contribution >= 4 is 11.8 Å². The Morgan fingerprint density at radius 3 is 2.87 bits per heavy atom. The van der Waals surface area contributed by atoms with Crippen molar-refractivity contribution in [1.29, 1.82) is 0 Å². The first-order valence-corrected chi connectivity index (χ1v) is 6.24. The first-order valence-electron chi connectivity index (χ1n) is 5.26. The van der Waals surface area contributed by atoms with Crippen LogP contribution < -0.4 is 5.32 Å². The molecule has 86 valence electrons. The normalized spacial score (nSPS) is 11.2. The van der Waals surface area contributed by atoms with Crippen molar-refractivity contribution in [3.8, 4) is 0 Å². The molecule has 0 atom stereocenters. The van der Waals surface area contributed by atoms with Crippen molar-refractivity contribution in [3.05, 3.63) is 0 Å². The Morgan fingerprint density at radius 1 is 1.47 bits per heavy atom. The third kappa shape index (κ3) is 5.13. The standard InChI is InChI=1S/C9H19N5S/c1-8(2)7-10-5-4-6-15-9-11-12-13-14(9)3/h8,10H,4-7H2,1-3H3. The van der Waals surface area contributed by atoms with E-state index in [2.05, 4.69) is 34.7 Å². The zero-order valence-corrected chi connectivity index (χ0v) is 10.4. The lowest BCUT2D eigenvalue weighted by atomic mass is 10.2. The molecule has 0 bridgehead atoms. The monoisotopic (exact) mass is 229 g/mol. The van der Waals surface area contributed by atoms with Gasteiger partial charge < -0.3 is 5.32 Å². The SMILES string of the molecule is CC(C)CNCCCSc1nnnn1C. The molecule has 0 aromatic carbocycles. The molecule has 6 heteroatoms. The van der Waals surface area contributed by atoms with Crippen molar-refractivity contribution < 1.29 is 0 Å². The average molecular weight is 229 g/mol. The number of rotatable bonds is 7. The minimum absolute atomic E-state index is 0.723. The van der Waals surface area contributed by atoms with Gasteiger partial charge in [0.25, 0.3) is 0 Å². The van der Waals surface area contributed by atoms with Gasteiger partial charge in [0.1, 0.15) is 0 Å². The second-order valence-electron chi connectivity index (χ2n) is 3.89. The van der Waals surface area contributed by atoms with Crippen LogP contribution in [0, 0.1) is 5.92 Å². The predicted molar refractivity (Wildman–Crippen MR) is 61.8 cm³/mol. The van der Waals surface area contributed by atoms with Crippen molar-refractivity contribution in [3.63, 3.8) is 0 Å². The second-order valence-corrected chi connectivity index (χ2v) is 4.95. The molecule has 0 amide bonds. The van der Waals surface area contributed by atoms with Gasteiger partial charge in [0.05, 0.1) is 0 Å². The maximum Gasteiger partial charge on any atom is 0.209 e. The highest BCUT2D eigenvalue weighted by atomic mass is 32.2. The number of thioether (sulfide) groups is 1. The van der Waals surface area contributed by atoms with Gasteiger partial charge in [-0.3, -0.25) is 0 Å². The molecule has 1 heterocycles. The minimum Gasteiger partial charge on any atom is -0.316 e. The van der Waals surface area contributed by atoms with Crippen LogP contribution in [0.15, 0.2) is 5.16 Å². The average Bonchev–Trinajstić information content (AvgIpc) is 2.57. The van der Waals surface area contributed by atoms with Crippen LogP contribution in [0.5, 0.6) is 0 Å². The summed E-state index contributed by atoms with van der Waals surface area (Å²) in [4.78, 5) is 0. The molecule has 0 aliphatic carbocycles. The number of aromatic nitrogens is 4. The highest BCUT2D eigenvalue weighted by Gasteiger charge is 2.01. The number of nitrogens with zero attached hydrogens (tertiary/aromatic N) is 4. The Morgan fingerprint density at radius 2 is 2.27 bits per heavy atom. The highest BCUT2D eigenvalue weighted by Crippen LogP contribution is 2.12. The molecular weight excluding hydrogens is 210 g/mol. The van der Waals surface area contributed by atoms with E-state index in [9.17, 15) is 0 Å². The highest BCUT2D eigenvalue weighted by molar-refractivity contribution is 7.99. The fourth-order valence-electron chi connectivity index (χ4n) is 1.09. The Kier molecular flexibility index (Phi) is 5.63. The summed E-state index contributed by atoms with van der Waals surface area (Å²) in [6.07, 6.45) is 1.14. The van der Waals surface area contributed by atoms with Crippen molar-refractivity contribution in [1.82, 2.24) is 25.5 Å². The van der Waals surface area contributed by atoms with Crippen LogP contribution in [0.1, 0.15) is 20.3 Å². The molecule has 0 aliphatic heterocycles. The summed E-state index contributed by atoms with van der Waals surface area (Å²) >= 11 is 1.70. The zero-order chi connectivity index (χ0) is 11.1. The molecule has 1 N–H and O–H groups in total. The number of hydrogen-bond acceptors (Lipinski definition) is 5. The molecular formula is C9H19N5S. The van der Waals surface area contributed by atoms with Crippen LogP contribution in [0.2, 0.25) is 0 Å². The quantitative estimate of drug-likeness (QED) is 0.557. The van der Waals surface area contributed by atoms with Crippen molar-refractivity contribution in [2.45, 2.75) is 25.4 Å². The van der Waals surface area contributed by atoms with Gasteiger partial charge in [-0.2, -0.15) is 0 Å². The van der Waals surface area contributed by atoms with E-state index in [0.717, 1.165) is 36.3 Å². The van der Waals surface area contributed by atoms with Crippen molar-refractivity contribution in [2.75, 3.05) is 18.8 Å². The van der Waals surface area contributed by atoms with Crippen molar-refractivity contribution in [2.24, 2.45) is 13.0 Å². The summed E-state index contributed by atoms with van der Waals surface area (Å²) in [5.74, 6) is 1.78. The van der Waals surface area contributed by atoms with E-state index in [1.807, 2.05) is 7.05 Å². The van der Waals surface area contributed by atoms with Gasteiger partial charge in [-0.25, -0.2) is 4.68 Å². The Bertz CT molecular complexity index is 273. The van der Waals surface area contributed by atoms with E-state index in [1.165, 1.54) is 0 Å². The maximum absolute atomic E-state index is 3.91. The van der Waals surface area contributed by atoms with Gasteiger partial charge in [-0.1, -0.05) is 25.6 Å². The number of hydrogen-bond donors (Lipinski definition) is 1. The molecule has 1 aromatic heterocycles. The lowest BCUT2D eigenvalue weighted by Crippen LogP contribution is -2.21. The molecule has 0 aliphatic rings. The second kappa shape index (κ2) is 6.79. The van der Waals surface area contributed by atoms with E-state index < -0.39 is 0 Å². The summed E-state index contributed by atoms with van der Waals surface area (Å²) in [6, 6.07) is 0. The van der Waals surface area contributed by atoms with Crippen LogP contribution in [0.3, 0.4) is 0 Å². The third-order valence-corrected chi connectivity index (χ3v) is 2.96. The largest absolute Gasteiger partial charge is 0.316 e. The number of tetrazole rings is 1. The minimum atomic E-state index is 0.723. The van der Waals surface area contributed by atoms with Gasteiger partial charge >= 0.3 is 0 Å². The predicted octanol–water partition coefficient (Wildman–Crippen LogP) is 0.938. The maximum atomic E-state index is 3.91. The third-order valence-electron chi connectivity index (χ3n) is 1.86. The molecule has 0 unspecified atom stereocenters. The van der Waals surface area contributed by atoms with E-state index in [-0.39, 0.29) is 0 Å². The molecule has 0 fully saturated rings. The van der Waals surface area contributed by atoms with Crippen LogP contribution in [0.4, 0.5) is 0 Å². The molecule has 0 saturated heterocycles. The Labute approximate surface area is 95.0 Å². The van der Waals surface area contributed by atoms with E-state index in [0.29, 0.717) is 0 Å². The van der Waals surface area contributed by atoms with E-state index >= 15 is 0 Å². The zero-order valence-electron chi connectivity index (χ0n) is 9.60. The molecule has 5 nitrogen and oxygen atoms in total. The van der Waals surface area contributed by atoms with Gasteiger partial charge in [0.2, 0.25) is 5.16 Å². The van der Waals surface area contributed by atoms with Gasteiger partial charge in [-0.05, 0) is 35.9 Å². The van der Waals surface area contributed by atoms with Crippen LogP contribution >= 0.6 is 11.8 Å². The fraction of sp³-hybridized carbons (Fsp3) is 0.889. The molecule has 0 saturated carbocycles. The lowest BCUT2D eigenvalue weighted by Gasteiger charge is -2.06. The van der Waals surface area contributed by atoms with Crippen LogP contribution in [-0.4, -0.2) is 39.0 Å². The Balaban J connectivity index is 2.00. The van der Waals surface area contributed by atoms with E-state index in [4.69, 9.17) is 0 Å². The van der Waals surface area contributed by atoms with Crippen LogP contribution in [-0.2, 0) is 7.05 Å². The topological polar surface area (TPSA) is 55.6 Å². The van der Waals surface area contributed by atoms with Crippen LogP contribution in [0.25, 0.3) is 0 Å². The molecule has 15 heavy (non-hydrogen) atoms. The summed E-state index contributed by atoms with van der Waals surface area (Å²) in [7, 11) is 1.86. The molecule has 0 spiro atoms. The van der Waals surface area contributed by atoms with Gasteiger partial charge in [-0.15, -0.1) is 5.10 Å². The first kappa shape index (κ1) is 12.4. The molecule has 0 radical (unpaired) electrons. The number of aryl methyl sites for hydroxylation is 1. The fourth-order valence-corrected chi connectivity index (χ4v) is 1.88. The number of nitrogens with one attached hydrogen (secondary N) is 1. The van der Waals surface area contributed by atoms with Gasteiger partial charge in [0.15, 0.2) is 0 Å². The molecule has 1 aromatic rings. The lowest BCUT2D eigenvalue weighted by molar-refractivity contribution is 0.551. The summed E-state index contributed by atoms with van der Waals surface area (Å²) in [6.45, 7) is 6.59. The first-order chi connectivity index (χ1) is 7.20. The Hall–Kier alpha value is -0.620. The summed E-state index contributed by atoms with van der Waals surface area (Å²) < 4.78 is 1.70. The van der Waals surface area contributed by atoms with E-state index in [1.54, 1.807) is 16.4 Å². The van der Waals surface area contributed by atoms with Gasteiger partial charge in [0, 0.05) is 12.8 Å². The summed E-state index contributed by atoms with van der Waals surface area (Å²) in [5, 5.41) is 15.6.